The van der Waals surface area contributed by atoms with Gasteiger partial charge in [0.15, 0.2) is 5.09 Å². The van der Waals surface area contributed by atoms with Crippen LogP contribution in [0.25, 0.3) is 10.8 Å². The van der Waals surface area contributed by atoms with Crippen molar-refractivity contribution in [3.05, 3.63) is 96.0 Å². The zero-order chi connectivity index (χ0) is 22.3. The number of benzene rings is 3. The van der Waals surface area contributed by atoms with Gasteiger partial charge in [0.2, 0.25) is 5.91 Å². The van der Waals surface area contributed by atoms with Gasteiger partial charge in [0, 0.05) is 11.3 Å². The Morgan fingerprint density at radius 2 is 1.81 bits per heavy atom. The van der Waals surface area contributed by atoms with Crippen LogP contribution in [-0.2, 0) is 4.79 Å². The van der Waals surface area contributed by atoms with Crippen LogP contribution in [0, 0.1) is 5.82 Å². The maximum Gasteiger partial charge on any atom is 0.271 e. The summed E-state index contributed by atoms with van der Waals surface area (Å²) in [5.74, 6) is -0.611. The summed E-state index contributed by atoms with van der Waals surface area (Å²) in [6, 6.07) is 22.4. The lowest BCUT2D eigenvalue weighted by atomic mass is 10.1. The molecule has 0 aliphatic carbocycles. The SMILES string of the molecule is O=C(CSc1ccc(/C=N\NC(=O)c2cccc(F)c2)o1)Nc1ccc2ccccc2c1. The summed E-state index contributed by atoms with van der Waals surface area (Å²) in [7, 11) is 0. The van der Waals surface area contributed by atoms with E-state index >= 15 is 0 Å². The highest BCUT2D eigenvalue weighted by Gasteiger charge is 2.08. The van der Waals surface area contributed by atoms with Gasteiger partial charge in [-0.2, -0.15) is 5.10 Å². The molecule has 3 aromatic carbocycles. The number of amides is 2. The quantitative estimate of drug-likeness (QED) is 0.235. The summed E-state index contributed by atoms with van der Waals surface area (Å²) in [6.07, 6.45) is 1.33. The third-order valence-corrected chi connectivity index (χ3v) is 5.34. The van der Waals surface area contributed by atoms with E-state index < -0.39 is 11.7 Å². The van der Waals surface area contributed by atoms with Crippen LogP contribution in [0.2, 0.25) is 0 Å². The molecule has 32 heavy (non-hydrogen) atoms. The third kappa shape index (κ3) is 5.61. The van der Waals surface area contributed by atoms with Gasteiger partial charge in [0.05, 0.1) is 12.0 Å². The molecule has 0 spiro atoms. The maximum absolute atomic E-state index is 13.2. The van der Waals surface area contributed by atoms with Crippen LogP contribution in [0.15, 0.2) is 93.5 Å². The summed E-state index contributed by atoms with van der Waals surface area (Å²) in [5.41, 5.74) is 3.20. The zero-order valence-electron chi connectivity index (χ0n) is 16.7. The number of nitrogens with one attached hydrogen (secondary N) is 2. The van der Waals surface area contributed by atoms with Crippen molar-refractivity contribution in [1.82, 2.24) is 5.43 Å². The molecule has 2 N–H and O–H groups in total. The molecule has 0 saturated heterocycles. The fourth-order valence-corrected chi connectivity index (χ4v) is 3.60. The molecule has 4 aromatic rings. The van der Waals surface area contributed by atoms with Crippen LogP contribution < -0.4 is 10.7 Å². The number of thioether (sulfide) groups is 1. The first kappa shape index (κ1) is 21.3. The fraction of sp³-hybridized carbons (Fsp3) is 0.0417. The Morgan fingerprint density at radius 1 is 0.969 bits per heavy atom. The largest absolute Gasteiger partial charge is 0.449 e. The van der Waals surface area contributed by atoms with Crippen molar-refractivity contribution < 1.29 is 18.4 Å². The molecule has 0 radical (unpaired) electrons. The number of anilines is 1. The highest BCUT2D eigenvalue weighted by Crippen LogP contribution is 2.22. The maximum atomic E-state index is 13.2. The number of hydrogen-bond donors (Lipinski definition) is 2. The summed E-state index contributed by atoms with van der Waals surface area (Å²) in [4.78, 5) is 24.2. The normalized spacial score (nSPS) is 11.0. The zero-order valence-corrected chi connectivity index (χ0v) is 17.6. The van der Waals surface area contributed by atoms with Gasteiger partial charge in [-0.15, -0.1) is 0 Å². The minimum Gasteiger partial charge on any atom is -0.449 e. The molecule has 1 heterocycles. The molecule has 160 valence electrons. The van der Waals surface area contributed by atoms with E-state index in [0.29, 0.717) is 10.9 Å². The lowest BCUT2D eigenvalue weighted by molar-refractivity contribution is -0.113. The molecule has 2 amide bonds. The predicted octanol–water partition coefficient (Wildman–Crippen LogP) is 5.07. The lowest BCUT2D eigenvalue weighted by Crippen LogP contribution is -2.17. The average molecular weight is 447 g/mol. The highest BCUT2D eigenvalue weighted by molar-refractivity contribution is 7.99. The second kappa shape index (κ2) is 9.93. The van der Waals surface area contributed by atoms with Crippen molar-refractivity contribution in [1.29, 1.82) is 0 Å². The van der Waals surface area contributed by atoms with Crippen LogP contribution in [0.3, 0.4) is 0 Å². The van der Waals surface area contributed by atoms with Crippen LogP contribution in [0.5, 0.6) is 0 Å². The lowest BCUT2D eigenvalue weighted by Gasteiger charge is -2.06. The smallest absolute Gasteiger partial charge is 0.271 e. The number of nitrogens with zero attached hydrogens (tertiary/aromatic N) is 1. The van der Waals surface area contributed by atoms with Gasteiger partial charge in [0.25, 0.3) is 5.91 Å². The molecular formula is C24H18FN3O3S. The van der Waals surface area contributed by atoms with Gasteiger partial charge in [-0.05, 0) is 53.2 Å². The number of carbonyl (C=O) groups is 2. The number of halogens is 1. The molecule has 0 unspecified atom stereocenters. The third-order valence-electron chi connectivity index (χ3n) is 4.43. The number of furan rings is 1. The van der Waals surface area contributed by atoms with Crippen molar-refractivity contribution in [3.63, 3.8) is 0 Å². The number of carbonyl (C=O) groups excluding carboxylic acids is 2. The van der Waals surface area contributed by atoms with Crippen molar-refractivity contribution >= 4 is 46.3 Å². The summed E-state index contributed by atoms with van der Waals surface area (Å²) >= 11 is 1.24. The van der Waals surface area contributed by atoms with Gasteiger partial charge in [-0.1, -0.05) is 48.2 Å². The summed E-state index contributed by atoms with van der Waals surface area (Å²) in [5, 5.41) is 9.38. The van der Waals surface area contributed by atoms with Crippen molar-refractivity contribution in [2.75, 3.05) is 11.1 Å². The Bertz CT molecular complexity index is 1300. The molecule has 8 heteroatoms. The number of hydrazone groups is 1. The van der Waals surface area contributed by atoms with E-state index in [2.05, 4.69) is 15.8 Å². The van der Waals surface area contributed by atoms with Crippen LogP contribution in [0.4, 0.5) is 10.1 Å². The van der Waals surface area contributed by atoms with Crippen molar-refractivity contribution in [3.8, 4) is 0 Å². The van der Waals surface area contributed by atoms with Crippen LogP contribution >= 0.6 is 11.8 Å². The number of hydrogen-bond acceptors (Lipinski definition) is 5. The van der Waals surface area contributed by atoms with Gasteiger partial charge >= 0.3 is 0 Å². The van der Waals surface area contributed by atoms with Crippen molar-refractivity contribution in [2.24, 2.45) is 5.10 Å². The molecule has 0 bridgehead atoms. The Kier molecular flexibility index (Phi) is 6.62. The number of rotatable bonds is 7. The van der Waals surface area contributed by atoms with E-state index in [9.17, 15) is 14.0 Å². The van der Waals surface area contributed by atoms with Crippen LogP contribution in [-0.4, -0.2) is 23.8 Å². The van der Waals surface area contributed by atoms with Gasteiger partial charge in [0.1, 0.15) is 11.6 Å². The van der Waals surface area contributed by atoms with Gasteiger partial charge in [-0.3, -0.25) is 9.59 Å². The molecule has 4 rings (SSSR count). The monoisotopic (exact) mass is 447 g/mol. The Labute approximate surface area is 187 Å². The standard InChI is InChI=1S/C24H18FN3O3S/c25-19-7-3-6-18(12-19)24(30)28-26-14-21-10-11-23(31-21)32-15-22(29)27-20-9-8-16-4-1-2-5-17(16)13-20/h1-14H,15H2,(H,27,29)(H,28,30)/b26-14-. The molecule has 1 aromatic heterocycles. The highest BCUT2D eigenvalue weighted by atomic mass is 32.2. The minimum absolute atomic E-state index is 0.153. The molecule has 0 aliphatic heterocycles. The minimum atomic E-state index is -0.535. The molecule has 6 nitrogen and oxygen atoms in total. The second-order valence-corrected chi connectivity index (χ2v) is 7.74. The van der Waals surface area contributed by atoms with Crippen LogP contribution in [0.1, 0.15) is 16.1 Å². The predicted molar refractivity (Wildman–Crippen MR) is 123 cm³/mol. The van der Waals surface area contributed by atoms with E-state index in [-0.39, 0.29) is 17.2 Å². The van der Waals surface area contributed by atoms with E-state index in [1.807, 2.05) is 42.5 Å². The second-order valence-electron chi connectivity index (χ2n) is 6.77. The molecule has 0 aliphatic rings. The van der Waals surface area contributed by atoms with Gasteiger partial charge < -0.3 is 9.73 Å². The number of fused-ring (bicyclic) bond motifs is 1. The van der Waals surface area contributed by atoms with E-state index in [4.69, 9.17) is 4.42 Å². The Morgan fingerprint density at radius 3 is 2.66 bits per heavy atom. The van der Waals surface area contributed by atoms with E-state index in [1.165, 1.54) is 36.2 Å². The average Bonchev–Trinajstić information content (AvgIpc) is 3.25. The first-order chi connectivity index (χ1) is 15.6. The van der Waals surface area contributed by atoms with E-state index in [1.54, 1.807) is 12.1 Å². The van der Waals surface area contributed by atoms with E-state index in [0.717, 1.165) is 22.5 Å². The first-order valence-electron chi connectivity index (χ1n) is 9.67. The molecule has 0 saturated carbocycles. The fourth-order valence-electron chi connectivity index (χ4n) is 2.93. The topological polar surface area (TPSA) is 83.7 Å². The Balaban J connectivity index is 1.26. The molecule has 0 fully saturated rings. The molecular weight excluding hydrogens is 429 g/mol. The first-order valence-corrected chi connectivity index (χ1v) is 10.7. The molecule has 0 atom stereocenters. The summed E-state index contributed by atoms with van der Waals surface area (Å²) in [6.45, 7) is 0. The summed E-state index contributed by atoms with van der Waals surface area (Å²) < 4.78 is 18.7. The Hall–Kier alpha value is -3.91. The van der Waals surface area contributed by atoms with Crippen molar-refractivity contribution in [2.45, 2.75) is 5.09 Å². The van der Waals surface area contributed by atoms with Gasteiger partial charge in [-0.25, -0.2) is 9.82 Å².